The molecule has 0 saturated heterocycles. The van der Waals surface area contributed by atoms with E-state index in [1.165, 1.54) is 26.5 Å². The molecular formula is C18H15ClN2O5. The molecular weight excluding hydrogens is 360 g/mol. The van der Waals surface area contributed by atoms with E-state index in [9.17, 15) is 9.59 Å². The van der Waals surface area contributed by atoms with E-state index in [1.807, 2.05) is 0 Å². The van der Waals surface area contributed by atoms with Crippen LogP contribution in [0, 0.1) is 0 Å². The summed E-state index contributed by atoms with van der Waals surface area (Å²) in [5.41, 5.74) is 1.74. The number of oxazole rings is 1. The van der Waals surface area contributed by atoms with Gasteiger partial charge in [-0.1, -0.05) is 11.6 Å². The van der Waals surface area contributed by atoms with Crippen molar-refractivity contribution in [1.82, 2.24) is 4.98 Å². The molecule has 1 atom stereocenters. The van der Waals surface area contributed by atoms with Crippen LogP contribution in [0.1, 0.15) is 17.3 Å². The Kier molecular flexibility index (Phi) is 5.09. The van der Waals surface area contributed by atoms with Crippen molar-refractivity contribution < 1.29 is 23.5 Å². The molecule has 1 N–H and O–H groups in total. The lowest BCUT2D eigenvalue weighted by atomic mass is 10.2. The molecule has 1 heterocycles. The SMILES string of the molecule is COc1ccc(Cl)cc1NC(=O)C(C)OC(=O)c1ccc2ocnc2c1. The number of methoxy groups -OCH3 is 1. The third-order valence-corrected chi connectivity index (χ3v) is 3.87. The molecule has 0 aliphatic heterocycles. The number of amides is 1. The highest BCUT2D eigenvalue weighted by Crippen LogP contribution is 2.28. The second-order valence-corrected chi connectivity index (χ2v) is 5.85. The number of rotatable bonds is 5. The highest BCUT2D eigenvalue weighted by molar-refractivity contribution is 6.31. The molecule has 1 aromatic heterocycles. The van der Waals surface area contributed by atoms with Gasteiger partial charge in [0.2, 0.25) is 0 Å². The molecule has 7 nitrogen and oxygen atoms in total. The first-order valence-corrected chi connectivity index (χ1v) is 8.04. The lowest BCUT2D eigenvalue weighted by Crippen LogP contribution is -2.30. The van der Waals surface area contributed by atoms with Gasteiger partial charge < -0.3 is 19.2 Å². The highest BCUT2D eigenvalue weighted by Gasteiger charge is 2.21. The Balaban J connectivity index is 1.68. The molecule has 3 rings (SSSR count). The van der Waals surface area contributed by atoms with Crippen LogP contribution in [0.2, 0.25) is 5.02 Å². The number of nitrogens with one attached hydrogen (secondary N) is 1. The summed E-state index contributed by atoms with van der Waals surface area (Å²) >= 11 is 5.93. The Labute approximate surface area is 153 Å². The highest BCUT2D eigenvalue weighted by atomic mass is 35.5. The number of esters is 1. The number of ether oxygens (including phenoxy) is 2. The minimum absolute atomic E-state index is 0.270. The van der Waals surface area contributed by atoms with Crippen molar-refractivity contribution in [3.8, 4) is 5.75 Å². The van der Waals surface area contributed by atoms with Crippen molar-refractivity contribution in [2.24, 2.45) is 0 Å². The summed E-state index contributed by atoms with van der Waals surface area (Å²) in [6.07, 6.45) is 0.257. The standard InChI is InChI=1S/C18H15ClN2O5/c1-10(17(22)21-14-8-12(19)4-6-15(14)24-2)26-18(23)11-3-5-16-13(7-11)20-9-25-16/h3-10H,1-2H3,(H,21,22). The van der Waals surface area contributed by atoms with Gasteiger partial charge in [0.15, 0.2) is 18.1 Å². The lowest BCUT2D eigenvalue weighted by molar-refractivity contribution is -0.123. The first kappa shape index (κ1) is 17.8. The van der Waals surface area contributed by atoms with Crippen molar-refractivity contribution in [2.75, 3.05) is 12.4 Å². The second kappa shape index (κ2) is 7.45. The zero-order chi connectivity index (χ0) is 18.7. The van der Waals surface area contributed by atoms with E-state index in [4.69, 9.17) is 25.5 Å². The molecule has 26 heavy (non-hydrogen) atoms. The zero-order valence-electron chi connectivity index (χ0n) is 14.0. The maximum absolute atomic E-state index is 12.3. The molecule has 0 radical (unpaired) electrons. The average Bonchev–Trinajstić information content (AvgIpc) is 3.09. The molecule has 8 heteroatoms. The van der Waals surface area contributed by atoms with E-state index >= 15 is 0 Å². The third-order valence-electron chi connectivity index (χ3n) is 3.64. The van der Waals surface area contributed by atoms with Gasteiger partial charge in [-0.3, -0.25) is 4.79 Å². The average molecular weight is 375 g/mol. The van der Waals surface area contributed by atoms with E-state index < -0.39 is 18.0 Å². The van der Waals surface area contributed by atoms with Crippen LogP contribution in [-0.2, 0) is 9.53 Å². The van der Waals surface area contributed by atoms with Crippen LogP contribution in [0.25, 0.3) is 11.1 Å². The normalized spacial score (nSPS) is 11.8. The Morgan fingerprint density at radius 1 is 1.23 bits per heavy atom. The summed E-state index contributed by atoms with van der Waals surface area (Å²) in [4.78, 5) is 28.5. The number of carbonyl (C=O) groups is 2. The van der Waals surface area contributed by atoms with Gasteiger partial charge in [-0.2, -0.15) is 0 Å². The molecule has 0 aliphatic rings. The summed E-state index contributed by atoms with van der Waals surface area (Å²) in [7, 11) is 1.47. The van der Waals surface area contributed by atoms with Crippen molar-refractivity contribution in [3.05, 3.63) is 53.4 Å². The fourth-order valence-electron chi connectivity index (χ4n) is 2.28. The minimum Gasteiger partial charge on any atom is -0.495 e. The van der Waals surface area contributed by atoms with Crippen molar-refractivity contribution in [1.29, 1.82) is 0 Å². The van der Waals surface area contributed by atoms with Gasteiger partial charge in [0, 0.05) is 5.02 Å². The maximum Gasteiger partial charge on any atom is 0.338 e. The first-order chi connectivity index (χ1) is 12.5. The van der Waals surface area contributed by atoms with Crippen LogP contribution < -0.4 is 10.1 Å². The fourth-order valence-corrected chi connectivity index (χ4v) is 2.45. The van der Waals surface area contributed by atoms with Crippen LogP contribution >= 0.6 is 11.6 Å². The van der Waals surface area contributed by atoms with Crippen LogP contribution in [0.5, 0.6) is 5.75 Å². The summed E-state index contributed by atoms with van der Waals surface area (Å²) in [6, 6.07) is 9.50. The lowest BCUT2D eigenvalue weighted by Gasteiger charge is -2.15. The van der Waals surface area contributed by atoms with E-state index in [-0.39, 0.29) is 5.56 Å². The number of halogens is 1. The zero-order valence-corrected chi connectivity index (χ0v) is 14.7. The van der Waals surface area contributed by atoms with Gasteiger partial charge in [-0.05, 0) is 43.3 Å². The summed E-state index contributed by atoms with van der Waals surface area (Å²) in [5, 5.41) is 3.07. The maximum atomic E-state index is 12.3. The Bertz CT molecular complexity index is 969. The molecule has 1 unspecified atom stereocenters. The van der Waals surface area contributed by atoms with Gasteiger partial charge in [-0.15, -0.1) is 0 Å². The second-order valence-electron chi connectivity index (χ2n) is 5.42. The van der Waals surface area contributed by atoms with E-state index in [0.29, 0.717) is 27.6 Å². The van der Waals surface area contributed by atoms with E-state index in [0.717, 1.165) is 0 Å². The van der Waals surface area contributed by atoms with E-state index in [1.54, 1.807) is 30.3 Å². The Hall–Kier alpha value is -3.06. The topological polar surface area (TPSA) is 90.7 Å². The summed E-state index contributed by atoms with van der Waals surface area (Å²) in [5.74, 6) is -0.713. The number of carbonyl (C=O) groups excluding carboxylic acids is 2. The van der Waals surface area contributed by atoms with Crippen LogP contribution in [0.4, 0.5) is 5.69 Å². The van der Waals surface area contributed by atoms with Crippen molar-refractivity contribution in [2.45, 2.75) is 13.0 Å². The quantitative estimate of drug-likeness (QED) is 0.685. The molecule has 0 saturated carbocycles. The number of hydrogen-bond donors (Lipinski definition) is 1. The fraction of sp³-hybridized carbons (Fsp3) is 0.167. The van der Waals surface area contributed by atoms with Gasteiger partial charge in [0.1, 0.15) is 11.3 Å². The molecule has 0 fully saturated rings. The minimum atomic E-state index is -1.03. The molecule has 0 spiro atoms. The van der Waals surface area contributed by atoms with Gasteiger partial charge in [0.05, 0.1) is 18.4 Å². The van der Waals surface area contributed by atoms with E-state index in [2.05, 4.69) is 10.3 Å². The van der Waals surface area contributed by atoms with Gasteiger partial charge in [-0.25, -0.2) is 9.78 Å². The third kappa shape index (κ3) is 3.78. The number of aromatic nitrogens is 1. The Morgan fingerprint density at radius 2 is 2.04 bits per heavy atom. The number of nitrogens with zero attached hydrogens (tertiary/aromatic N) is 1. The van der Waals surface area contributed by atoms with Crippen molar-refractivity contribution in [3.63, 3.8) is 0 Å². The molecule has 0 bridgehead atoms. The number of hydrogen-bond acceptors (Lipinski definition) is 6. The smallest absolute Gasteiger partial charge is 0.338 e. The predicted molar refractivity (Wildman–Crippen MR) is 95.5 cm³/mol. The summed E-state index contributed by atoms with van der Waals surface area (Å²) in [6.45, 7) is 1.47. The number of fused-ring (bicyclic) bond motifs is 1. The number of anilines is 1. The predicted octanol–water partition coefficient (Wildman–Crippen LogP) is 3.67. The van der Waals surface area contributed by atoms with Gasteiger partial charge in [0.25, 0.3) is 5.91 Å². The van der Waals surface area contributed by atoms with Gasteiger partial charge >= 0.3 is 5.97 Å². The molecule has 1 amide bonds. The van der Waals surface area contributed by atoms with Crippen LogP contribution in [-0.4, -0.2) is 30.1 Å². The van der Waals surface area contributed by atoms with Crippen LogP contribution in [0.3, 0.4) is 0 Å². The first-order valence-electron chi connectivity index (χ1n) is 7.66. The molecule has 3 aromatic rings. The van der Waals surface area contributed by atoms with Crippen molar-refractivity contribution >= 4 is 40.3 Å². The molecule has 134 valence electrons. The van der Waals surface area contributed by atoms with Crippen LogP contribution in [0.15, 0.2) is 47.2 Å². The molecule has 2 aromatic carbocycles. The molecule has 0 aliphatic carbocycles. The largest absolute Gasteiger partial charge is 0.495 e. The Morgan fingerprint density at radius 3 is 2.81 bits per heavy atom. The number of benzene rings is 2. The monoisotopic (exact) mass is 374 g/mol. The summed E-state index contributed by atoms with van der Waals surface area (Å²) < 4.78 is 15.5.